The van der Waals surface area contributed by atoms with E-state index in [9.17, 15) is 8.42 Å². The van der Waals surface area contributed by atoms with Crippen molar-refractivity contribution in [2.45, 2.75) is 18.4 Å². The van der Waals surface area contributed by atoms with E-state index in [0.29, 0.717) is 17.9 Å². The summed E-state index contributed by atoms with van der Waals surface area (Å²) in [7, 11) is -0.488. The maximum atomic E-state index is 12.0. The molecule has 21 heavy (non-hydrogen) atoms. The fraction of sp³-hybridized carbons (Fsp3) is 0.308. The molecule has 0 aliphatic heterocycles. The summed E-state index contributed by atoms with van der Waals surface area (Å²) in [5, 5.41) is 6.14. The van der Waals surface area contributed by atoms with Crippen molar-refractivity contribution >= 4 is 32.7 Å². The number of aromatic nitrogens is 1. The molecule has 6 nitrogen and oxygen atoms in total. The van der Waals surface area contributed by atoms with Crippen molar-refractivity contribution in [1.29, 1.82) is 0 Å². The van der Waals surface area contributed by atoms with Crippen LogP contribution in [-0.4, -0.2) is 31.8 Å². The van der Waals surface area contributed by atoms with Crippen LogP contribution in [0.3, 0.4) is 0 Å². The Morgan fingerprint density at radius 2 is 2.10 bits per heavy atom. The number of nitrogens with two attached hydrogens (primary N) is 1. The Labute approximate surface area is 128 Å². The summed E-state index contributed by atoms with van der Waals surface area (Å²) in [6.45, 7) is 2.50. The lowest BCUT2D eigenvalue weighted by Crippen LogP contribution is -2.22. The number of hydrogen-bond donors (Lipinski definition) is 2. The molecule has 114 valence electrons. The van der Waals surface area contributed by atoms with Gasteiger partial charge in [0.2, 0.25) is 10.0 Å². The first-order valence-electron chi connectivity index (χ1n) is 6.27. The van der Waals surface area contributed by atoms with Crippen LogP contribution in [0, 0.1) is 6.92 Å². The van der Waals surface area contributed by atoms with Crippen molar-refractivity contribution in [3.63, 3.8) is 0 Å². The Morgan fingerprint density at radius 3 is 2.62 bits per heavy atom. The lowest BCUT2D eigenvalue weighted by molar-refractivity contribution is 0.521. The van der Waals surface area contributed by atoms with Crippen LogP contribution in [0.2, 0.25) is 0 Å². The van der Waals surface area contributed by atoms with Gasteiger partial charge in [0.15, 0.2) is 0 Å². The summed E-state index contributed by atoms with van der Waals surface area (Å²) in [6.07, 6.45) is 0. The molecule has 0 bridgehead atoms. The van der Waals surface area contributed by atoms with Gasteiger partial charge in [0.25, 0.3) is 0 Å². The van der Waals surface area contributed by atoms with Crippen molar-refractivity contribution in [1.82, 2.24) is 9.29 Å². The molecule has 1 aromatic carbocycles. The first-order valence-corrected chi connectivity index (χ1v) is 8.59. The van der Waals surface area contributed by atoms with Crippen molar-refractivity contribution in [2.75, 3.05) is 25.1 Å². The zero-order valence-electron chi connectivity index (χ0n) is 12.1. The second kappa shape index (κ2) is 6.00. The number of nitrogens with one attached hydrogen (secondary N) is 1. The molecule has 0 radical (unpaired) electrons. The third-order valence-electron chi connectivity index (χ3n) is 2.93. The van der Waals surface area contributed by atoms with Crippen molar-refractivity contribution in [3.8, 4) is 0 Å². The molecular weight excluding hydrogens is 308 g/mol. The number of benzene rings is 1. The van der Waals surface area contributed by atoms with Crippen molar-refractivity contribution in [3.05, 3.63) is 34.3 Å². The topological polar surface area (TPSA) is 88.3 Å². The molecule has 0 saturated heterocycles. The number of nitrogens with zero attached hydrogens (tertiary/aromatic N) is 2. The van der Waals surface area contributed by atoms with E-state index in [4.69, 9.17) is 5.73 Å². The van der Waals surface area contributed by atoms with Gasteiger partial charge in [-0.3, -0.25) is 0 Å². The minimum absolute atomic E-state index is 0.181. The fourth-order valence-corrected chi connectivity index (χ4v) is 3.30. The Bertz CT molecular complexity index is 738. The molecule has 1 heterocycles. The minimum atomic E-state index is -3.47. The van der Waals surface area contributed by atoms with E-state index < -0.39 is 10.0 Å². The smallest absolute Gasteiger partial charge is 0.242 e. The summed E-state index contributed by atoms with van der Waals surface area (Å²) < 4.78 is 25.2. The summed E-state index contributed by atoms with van der Waals surface area (Å²) in [5.74, 6) is 0. The first-order chi connectivity index (χ1) is 9.80. The summed E-state index contributed by atoms with van der Waals surface area (Å²) >= 11 is 1.59. The highest BCUT2D eigenvalue weighted by Crippen LogP contribution is 2.24. The Balaban J connectivity index is 2.16. The van der Waals surface area contributed by atoms with Gasteiger partial charge >= 0.3 is 0 Å². The van der Waals surface area contributed by atoms with Gasteiger partial charge in [0, 0.05) is 19.5 Å². The highest BCUT2D eigenvalue weighted by molar-refractivity contribution is 7.89. The molecule has 0 aliphatic rings. The molecule has 3 N–H and O–H groups in total. The third-order valence-corrected chi connectivity index (χ3v) is 5.56. The van der Waals surface area contributed by atoms with Gasteiger partial charge in [-0.2, -0.15) is 0 Å². The van der Waals surface area contributed by atoms with Gasteiger partial charge in [-0.25, -0.2) is 17.7 Å². The van der Waals surface area contributed by atoms with Crippen LogP contribution in [0.25, 0.3) is 0 Å². The van der Waals surface area contributed by atoms with Crippen LogP contribution in [0.1, 0.15) is 10.7 Å². The molecule has 0 spiro atoms. The van der Waals surface area contributed by atoms with Gasteiger partial charge in [0.05, 0.1) is 33.5 Å². The fourth-order valence-electron chi connectivity index (χ4n) is 1.75. The normalized spacial score (nSPS) is 11.8. The van der Waals surface area contributed by atoms with E-state index in [1.807, 2.05) is 12.3 Å². The van der Waals surface area contributed by atoms with E-state index in [2.05, 4.69) is 10.3 Å². The SMILES string of the molecule is Cc1nc(CNc2ccc(S(=O)(=O)N(C)C)cc2N)cs1. The number of sulfonamides is 1. The van der Waals surface area contributed by atoms with Gasteiger partial charge in [0.1, 0.15) is 0 Å². The van der Waals surface area contributed by atoms with Crippen LogP contribution in [0.4, 0.5) is 11.4 Å². The Hall–Kier alpha value is -1.64. The summed E-state index contributed by atoms with van der Waals surface area (Å²) in [4.78, 5) is 4.53. The van der Waals surface area contributed by atoms with Crippen LogP contribution < -0.4 is 11.1 Å². The highest BCUT2D eigenvalue weighted by Gasteiger charge is 2.18. The zero-order chi connectivity index (χ0) is 15.6. The predicted octanol–water partition coefficient (Wildman–Crippen LogP) is 1.90. The van der Waals surface area contributed by atoms with E-state index in [1.54, 1.807) is 23.5 Å². The molecule has 2 aromatic rings. The molecule has 8 heteroatoms. The van der Waals surface area contributed by atoms with Crippen LogP contribution in [0.15, 0.2) is 28.5 Å². The predicted molar refractivity (Wildman–Crippen MR) is 85.9 cm³/mol. The van der Waals surface area contributed by atoms with E-state index in [0.717, 1.165) is 15.0 Å². The van der Waals surface area contributed by atoms with Gasteiger partial charge in [-0.05, 0) is 25.1 Å². The average Bonchev–Trinajstić information content (AvgIpc) is 2.82. The van der Waals surface area contributed by atoms with Crippen LogP contribution >= 0.6 is 11.3 Å². The van der Waals surface area contributed by atoms with E-state index >= 15 is 0 Å². The summed E-state index contributed by atoms with van der Waals surface area (Å²) in [6, 6.07) is 4.68. The average molecular weight is 326 g/mol. The van der Waals surface area contributed by atoms with Crippen LogP contribution in [0.5, 0.6) is 0 Å². The quantitative estimate of drug-likeness (QED) is 0.819. The number of anilines is 2. The van der Waals surface area contributed by atoms with Gasteiger partial charge in [-0.15, -0.1) is 11.3 Å². The molecule has 0 atom stereocenters. The number of nitrogen functional groups attached to an aromatic ring is 1. The maximum absolute atomic E-state index is 12.0. The van der Waals surface area contributed by atoms with Crippen molar-refractivity contribution < 1.29 is 8.42 Å². The Morgan fingerprint density at radius 1 is 1.38 bits per heavy atom. The lowest BCUT2D eigenvalue weighted by atomic mass is 10.2. The Kier molecular flexibility index (Phi) is 4.50. The number of rotatable bonds is 5. The molecule has 0 saturated carbocycles. The molecule has 0 unspecified atom stereocenters. The van der Waals surface area contributed by atoms with Crippen LogP contribution in [-0.2, 0) is 16.6 Å². The maximum Gasteiger partial charge on any atom is 0.242 e. The van der Waals surface area contributed by atoms with Gasteiger partial charge < -0.3 is 11.1 Å². The first kappa shape index (κ1) is 15.7. The second-order valence-electron chi connectivity index (χ2n) is 4.75. The monoisotopic (exact) mass is 326 g/mol. The molecule has 1 aromatic heterocycles. The van der Waals surface area contributed by atoms with Gasteiger partial charge in [-0.1, -0.05) is 0 Å². The molecule has 2 rings (SSSR count). The van der Waals surface area contributed by atoms with E-state index in [-0.39, 0.29) is 4.90 Å². The summed E-state index contributed by atoms with van der Waals surface area (Å²) in [5.41, 5.74) is 7.94. The highest BCUT2D eigenvalue weighted by atomic mass is 32.2. The number of thiazole rings is 1. The number of hydrogen-bond acceptors (Lipinski definition) is 6. The molecule has 0 fully saturated rings. The molecular formula is C13H18N4O2S2. The minimum Gasteiger partial charge on any atom is -0.397 e. The third kappa shape index (κ3) is 3.52. The standard InChI is InChI=1S/C13H18N4O2S2/c1-9-16-10(8-20-9)7-15-13-5-4-11(6-12(13)14)21(18,19)17(2)3/h4-6,8,15H,7,14H2,1-3H3. The molecule has 0 aliphatic carbocycles. The van der Waals surface area contributed by atoms with Crippen molar-refractivity contribution in [2.24, 2.45) is 0 Å². The lowest BCUT2D eigenvalue weighted by Gasteiger charge is -2.14. The largest absolute Gasteiger partial charge is 0.397 e. The zero-order valence-corrected chi connectivity index (χ0v) is 13.8. The second-order valence-corrected chi connectivity index (χ2v) is 7.96. The van der Waals surface area contributed by atoms with E-state index in [1.165, 1.54) is 20.2 Å². The number of aryl methyl sites for hydroxylation is 1. The molecule has 0 amide bonds.